The summed E-state index contributed by atoms with van der Waals surface area (Å²) >= 11 is 0. The van der Waals surface area contributed by atoms with Gasteiger partial charge in [-0.1, -0.05) is 0 Å². The van der Waals surface area contributed by atoms with Gasteiger partial charge in [-0.05, 0) is 0 Å². The first kappa shape index (κ1) is 17.2. The Morgan fingerprint density at radius 2 is 0.824 bits per heavy atom. The minimum absolute atomic E-state index is 0. The van der Waals surface area contributed by atoms with Crippen molar-refractivity contribution in [3.63, 3.8) is 0 Å². The third kappa shape index (κ3) is 8.00. The molecule has 104 valence electrons. The summed E-state index contributed by atoms with van der Waals surface area (Å²) in [6.45, 7) is 8.42. The number of hydrogen-bond donors (Lipinski definition) is 0. The van der Waals surface area contributed by atoms with Crippen LogP contribution < -0.4 is 0 Å². The highest BCUT2D eigenvalue weighted by molar-refractivity contribution is 7.37. The fourth-order valence-corrected chi connectivity index (χ4v) is 1.67. The highest BCUT2D eigenvalue weighted by Crippen LogP contribution is 2.01. The van der Waals surface area contributed by atoms with E-state index in [0.717, 1.165) is 35.4 Å². The van der Waals surface area contributed by atoms with Crippen LogP contribution in [0.3, 0.4) is 0 Å². The van der Waals surface area contributed by atoms with Gasteiger partial charge in [0.05, 0.1) is 54.6 Å². The zero-order chi connectivity index (χ0) is 12.1. The Bertz CT molecular complexity index is 173. The average Bonchev–Trinajstić information content (AvgIpc) is 2.17. The lowest BCUT2D eigenvalue weighted by molar-refractivity contribution is -0.898. The third-order valence-electron chi connectivity index (χ3n) is 3.36. The molecule has 0 aliphatic carbocycles. The number of morpholine rings is 2. The SMILES string of the molecule is C[N+]1(C)CCOCC1.C[N+]1(C)CCOCC1.[S-2]. The molecule has 0 aromatic heterocycles. The van der Waals surface area contributed by atoms with Gasteiger partial charge in [0.1, 0.15) is 26.2 Å². The third-order valence-corrected chi connectivity index (χ3v) is 3.36. The molecule has 5 heteroatoms. The molecule has 0 N–H and O–H groups in total. The topological polar surface area (TPSA) is 18.5 Å². The Balaban J connectivity index is 0.000000284. The zero-order valence-corrected chi connectivity index (χ0v) is 12.6. The van der Waals surface area contributed by atoms with Crippen LogP contribution in [-0.2, 0) is 23.0 Å². The Hall–Kier alpha value is 0.190. The van der Waals surface area contributed by atoms with Gasteiger partial charge in [0, 0.05) is 0 Å². The summed E-state index contributed by atoms with van der Waals surface area (Å²) < 4.78 is 12.6. The van der Waals surface area contributed by atoms with Gasteiger partial charge < -0.3 is 31.9 Å². The summed E-state index contributed by atoms with van der Waals surface area (Å²) in [4.78, 5) is 0. The normalized spacial score (nSPS) is 26.1. The number of ether oxygens (including phenoxy) is 2. The highest BCUT2D eigenvalue weighted by Gasteiger charge is 2.18. The molecule has 0 amide bonds. The lowest BCUT2D eigenvalue weighted by atomic mass is 10.4. The molecule has 4 nitrogen and oxygen atoms in total. The van der Waals surface area contributed by atoms with Gasteiger partial charge in [-0.2, -0.15) is 0 Å². The molecule has 0 spiro atoms. The summed E-state index contributed by atoms with van der Waals surface area (Å²) in [6.07, 6.45) is 0. The minimum Gasteiger partial charge on any atom is -2.00 e. The zero-order valence-electron chi connectivity index (χ0n) is 11.8. The van der Waals surface area contributed by atoms with Crippen LogP contribution in [0.5, 0.6) is 0 Å². The van der Waals surface area contributed by atoms with Gasteiger partial charge in [0.2, 0.25) is 0 Å². The fraction of sp³-hybridized carbons (Fsp3) is 1.00. The lowest BCUT2D eigenvalue weighted by Crippen LogP contribution is -2.48. The van der Waals surface area contributed by atoms with E-state index in [-0.39, 0.29) is 13.5 Å². The predicted octanol–water partition coefficient (Wildman–Crippen LogP) is 0.184. The molecule has 0 saturated carbocycles. The first-order valence-electron chi connectivity index (χ1n) is 6.21. The molecule has 0 atom stereocenters. The monoisotopic (exact) mass is 264 g/mol. The maximum Gasteiger partial charge on any atom is 0.102 e. The number of hydrogen-bond acceptors (Lipinski definition) is 2. The van der Waals surface area contributed by atoms with E-state index in [1.165, 1.54) is 26.2 Å². The molecule has 2 rings (SSSR count). The Kier molecular flexibility index (Phi) is 7.67. The van der Waals surface area contributed by atoms with E-state index in [1.807, 2.05) is 0 Å². The van der Waals surface area contributed by atoms with Gasteiger partial charge in [0.15, 0.2) is 0 Å². The molecule has 0 bridgehead atoms. The average molecular weight is 264 g/mol. The summed E-state index contributed by atoms with van der Waals surface area (Å²) in [5.74, 6) is 0. The lowest BCUT2D eigenvalue weighted by Gasteiger charge is -2.33. The van der Waals surface area contributed by atoms with Crippen molar-refractivity contribution in [1.82, 2.24) is 0 Å². The smallest absolute Gasteiger partial charge is 0.102 e. The number of nitrogens with zero attached hydrogens (tertiary/aromatic N) is 2. The van der Waals surface area contributed by atoms with Crippen molar-refractivity contribution in [2.75, 3.05) is 80.8 Å². The summed E-state index contributed by atoms with van der Waals surface area (Å²) in [5, 5.41) is 0. The predicted molar refractivity (Wildman–Crippen MR) is 72.7 cm³/mol. The second-order valence-corrected chi connectivity index (χ2v) is 5.99. The standard InChI is InChI=1S/2C6H14NO.S/c2*1-7(2)3-5-8-6-4-7;/h2*3-6H2,1-2H3;/q2*+1;-2. The summed E-state index contributed by atoms with van der Waals surface area (Å²) in [6, 6.07) is 0. The van der Waals surface area contributed by atoms with E-state index >= 15 is 0 Å². The van der Waals surface area contributed by atoms with Gasteiger partial charge in [-0.25, -0.2) is 0 Å². The van der Waals surface area contributed by atoms with Crippen LogP contribution in [-0.4, -0.2) is 89.8 Å². The van der Waals surface area contributed by atoms with Crippen LogP contribution in [0.2, 0.25) is 0 Å². The van der Waals surface area contributed by atoms with Crippen molar-refractivity contribution in [3.8, 4) is 0 Å². The van der Waals surface area contributed by atoms with E-state index < -0.39 is 0 Å². The first-order valence-corrected chi connectivity index (χ1v) is 6.21. The van der Waals surface area contributed by atoms with Crippen molar-refractivity contribution in [3.05, 3.63) is 0 Å². The fourth-order valence-electron chi connectivity index (χ4n) is 1.67. The van der Waals surface area contributed by atoms with Crippen LogP contribution in [0.25, 0.3) is 0 Å². The second kappa shape index (κ2) is 7.59. The molecular formula is C12H28N2O2S. The maximum atomic E-state index is 5.19. The highest BCUT2D eigenvalue weighted by atomic mass is 32.1. The Labute approximate surface area is 113 Å². The van der Waals surface area contributed by atoms with Crippen molar-refractivity contribution < 1.29 is 18.4 Å². The molecular weight excluding hydrogens is 236 g/mol. The van der Waals surface area contributed by atoms with Crippen LogP contribution >= 0.6 is 0 Å². The van der Waals surface area contributed by atoms with Gasteiger partial charge in [-0.15, -0.1) is 0 Å². The molecule has 0 unspecified atom stereocenters. The molecule has 2 heterocycles. The molecule has 0 aromatic carbocycles. The van der Waals surface area contributed by atoms with Gasteiger partial charge in [-0.3, -0.25) is 0 Å². The second-order valence-electron chi connectivity index (χ2n) is 5.99. The van der Waals surface area contributed by atoms with Gasteiger partial charge >= 0.3 is 0 Å². The first-order chi connectivity index (χ1) is 7.41. The van der Waals surface area contributed by atoms with Crippen LogP contribution in [0.15, 0.2) is 0 Å². The van der Waals surface area contributed by atoms with E-state index in [1.54, 1.807) is 0 Å². The molecule has 0 aromatic rings. The van der Waals surface area contributed by atoms with Crippen molar-refractivity contribution in [1.29, 1.82) is 0 Å². The van der Waals surface area contributed by atoms with Crippen molar-refractivity contribution in [2.24, 2.45) is 0 Å². The van der Waals surface area contributed by atoms with E-state index in [2.05, 4.69) is 28.2 Å². The van der Waals surface area contributed by atoms with E-state index in [0.29, 0.717) is 0 Å². The van der Waals surface area contributed by atoms with Crippen molar-refractivity contribution in [2.45, 2.75) is 0 Å². The van der Waals surface area contributed by atoms with E-state index in [4.69, 9.17) is 9.47 Å². The molecule has 2 fully saturated rings. The summed E-state index contributed by atoms with van der Waals surface area (Å²) in [7, 11) is 8.95. The number of quaternary nitrogens is 2. The molecule has 2 aliphatic heterocycles. The van der Waals surface area contributed by atoms with Crippen LogP contribution in [0.4, 0.5) is 0 Å². The molecule has 2 aliphatic rings. The van der Waals surface area contributed by atoms with Crippen molar-refractivity contribution >= 4 is 13.5 Å². The quantitative estimate of drug-likeness (QED) is 0.581. The molecule has 2 saturated heterocycles. The number of likely N-dealkylation sites (N-methyl/N-ethyl adjacent to an activating group) is 2. The Morgan fingerprint density at radius 3 is 0.941 bits per heavy atom. The maximum absolute atomic E-state index is 5.19. The Morgan fingerprint density at radius 1 is 0.588 bits per heavy atom. The number of rotatable bonds is 0. The molecule has 17 heavy (non-hydrogen) atoms. The molecule has 0 radical (unpaired) electrons. The minimum atomic E-state index is 0. The largest absolute Gasteiger partial charge is 2.00 e. The van der Waals surface area contributed by atoms with Crippen LogP contribution in [0, 0.1) is 0 Å². The van der Waals surface area contributed by atoms with E-state index in [9.17, 15) is 0 Å². The van der Waals surface area contributed by atoms with Gasteiger partial charge in [0.25, 0.3) is 0 Å². The van der Waals surface area contributed by atoms with Crippen LogP contribution in [0.1, 0.15) is 0 Å². The summed E-state index contributed by atoms with van der Waals surface area (Å²) in [5.41, 5.74) is 0.